The Hall–Kier alpha value is -0.850. The highest BCUT2D eigenvalue weighted by molar-refractivity contribution is 5.68. The van der Waals surface area contributed by atoms with Crippen LogP contribution in [0.1, 0.15) is 33.6 Å². The second-order valence-electron chi connectivity index (χ2n) is 6.12. The number of β-amino-alcohol motifs (C(OH)–C–C–N with tert-alkyl or cyclic N) is 1. The number of carbonyl (C=O) groups excluding carboxylic acids is 1. The maximum atomic E-state index is 11.9. The van der Waals surface area contributed by atoms with E-state index in [1.54, 1.807) is 0 Å². The summed E-state index contributed by atoms with van der Waals surface area (Å²) < 4.78 is 5.28. The van der Waals surface area contributed by atoms with Crippen LogP contribution in [0.3, 0.4) is 0 Å². The first-order valence-corrected chi connectivity index (χ1v) is 6.78. The van der Waals surface area contributed by atoms with Gasteiger partial charge in [-0.15, -0.1) is 0 Å². The Morgan fingerprint density at radius 3 is 2.42 bits per heavy atom. The number of nitrogens with one attached hydrogen (secondary N) is 1. The Balaban J connectivity index is 2.36. The molecular weight excluding hydrogens is 248 g/mol. The molecule has 0 spiro atoms. The van der Waals surface area contributed by atoms with Crippen LogP contribution in [-0.4, -0.2) is 65.2 Å². The summed E-state index contributed by atoms with van der Waals surface area (Å²) in [6.07, 6.45) is 0.919. The Labute approximate surface area is 114 Å². The predicted molar refractivity (Wildman–Crippen MR) is 71.9 cm³/mol. The Morgan fingerprint density at radius 2 is 2.00 bits per heavy atom. The van der Waals surface area contributed by atoms with Gasteiger partial charge in [-0.1, -0.05) is 0 Å². The van der Waals surface area contributed by atoms with Crippen molar-refractivity contribution >= 4 is 6.09 Å². The van der Waals surface area contributed by atoms with Crippen LogP contribution in [-0.2, 0) is 4.74 Å². The Kier molecular flexibility index (Phi) is 5.58. The van der Waals surface area contributed by atoms with Gasteiger partial charge in [0, 0.05) is 26.2 Å². The van der Waals surface area contributed by atoms with Gasteiger partial charge in [-0.25, -0.2) is 4.79 Å². The molecule has 0 bridgehead atoms. The summed E-state index contributed by atoms with van der Waals surface area (Å²) in [4.78, 5) is 13.4. The van der Waals surface area contributed by atoms with Crippen LogP contribution in [0, 0.1) is 0 Å². The standard InChI is InChI=1S/C13H26N2O4/c1-12(2,3)19-11(17)15(7-8-16)6-4-5-13(18)9-14-10-13/h14,16,18H,4-10H2,1-3H3. The number of rotatable bonds is 6. The number of carbonyl (C=O) groups is 1. The molecule has 0 aliphatic carbocycles. The zero-order valence-electron chi connectivity index (χ0n) is 12.1. The van der Waals surface area contributed by atoms with Gasteiger partial charge in [-0.2, -0.15) is 0 Å². The number of aliphatic hydroxyl groups excluding tert-OH is 1. The van der Waals surface area contributed by atoms with E-state index in [9.17, 15) is 9.90 Å². The zero-order valence-corrected chi connectivity index (χ0v) is 12.1. The number of hydrogen-bond donors (Lipinski definition) is 3. The molecule has 0 aromatic carbocycles. The number of nitrogens with zero attached hydrogens (tertiary/aromatic N) is 1. The molecule has 1 rings (SSSR count). The lowest BCUT2D eigenvalue weighted by Crippen LogP contribution is -2.59. The Morgan fingerprint density at radius 1 is 1.37 bits per heavy atom. The molecule has 6 heteroatoms. The van der Waals surface area contributed by atoms with E-state index in [0.717, 1.165) is 0 Å². The summed E-state index contributed by atoms with van der Waals surface area (Å²) in [7, 11) is 0. The normalized spacial score (nSPS) is 17.7. The molecule has 1 amide bonds. The van der Waals surface area contributed by atoms with E-state index in [1.165, 1.54) is 4.90 Å². The van der Waals surface area contributed by atoms with Crippen molar-refractivity contribution < 1.29 is 19.7 Å². The average Bonchev–Trinajstić information content (AvgIpc) is 2.23. The first-order valence-electron chi connectivity index (χ1n) is 6.78. The van der Waals surface area contributed by atoms with Crippen molar-refractivity contribution in [1.29, 1.82) is 0 Å². The SMILES string of the molecule is CC(C)(C)OC(=O)N(CCO)CCCC1(O)CNC1. The van der Waals surface area contributed by atoms with Gasteiger partial charge in [0.05, 0.1) is 12.2 Å². The van der Waals surface area contributed by atoms with Crippen molar-refractivity contribution in [1.82, 2.24) is 10.2 Å². The fraction of sp³-hybridized carbons (Fsp3) is 0.923. The van der Waals surface area contributed by atoms with Crippen molar-refractivity contribution in [2.45, 2.75) is 44.8 Å². The minimum Gasteiger partial charge on any atom is -0.444 e. The third kappa shape index (κ3) is 5.76. The summed E-state index contributed by atoms with van der Waals surface area (Å²) in [5.74, 6) is 0. The molecular formula is C13H26N2O4. The van der Waals surface area contributed by atoms with Crippen LogP contribution >= 0.6 is 0 Å². The summed E-state index contributed by atoms with van der Waals surface area (Å²) in [6, 6.07) is 0. The second kappa shape index (κ2) is 6.54. The first kappa shape index (κ1) is 16.2. The minimum absolute atomic E-state index is 0.0922. The molecule has 0 atom stereocenters. The first-order chi connectivity index (χ1) is 8.76. The van der Waals surface area contributed by atoms with E-state index < -0.39 is 17.3 Å². The van der Waals surface area contributed by atoms with Crippen molar-refractivity contribution in [3.8, 4) is 0 Å². The molecule has 0 saturated carbocycles. The van der Waals surface area contributed by atoms with Crippen LogP contribution in [0.4, 0.5) is 4.79 Å². The van der Waals surface area contributed by atoms with Gasteiger partial charge < -0.3 is 25.2 Å². The van der Waals surface area contributed by atoms with Crippen LogP contribution in [0.2, 0.25) is 0 Å². The molecule has 1 aliphatic heterocycles. The Bertz CT molecular complexity index is 298. The zero-order chi connectivity index (χ0) is 14.5. The third-order valence-corrected chi connectivity index (χ3v) is 3.00. The van der Waals surface area contributed by atoms with E-state index in [2.05, 4.69) is 5.32 Å². The van der Waals surface area contributed by atoms with Crippen LogP contribution in [0.5, 0.6) is 0 Å². The van der Waals surface area contributed by atoms with Crippen LogP contribution in [0.15, 0.2) is 0 Å². The van der Waals surface area contributed by atoms with Crippen molar-refractivity contribution in [3.63, 3.8) is 0 Å². The quantitative estimate of drug-likeness (QED) is 0.650. The number of amides is 1. The third-order valence-electron chi connectivity index (χ3n) is 3.00. The summed E-state index contributed by atoms with van der Waals surface area (Å²) in [5, 5.41) is 21.9. The molecule has 0 unspecified atom stereocenters. The highest BCUT2D eigenvalue weighted by Gasteiger charge is 2.33. The monoisotopic (exact) mass is 274 g/mol. The van der Waals surface area contributed by atoms with Gasteiger partial charge in [0.2, 0.25) is 0 Å². The molecule has 1 heterocycles. The fourth-order valence-corrected chi connectivity index (χ4v) is 1.93. The molecule has 0 aromatic heterocycles. The predicted octanol–water partition coefficient (Wildman–Crippen LogP) is 0.330. The van der Waals surface area contributed by atoms with Gasteiger partial charge >= 0.3 is 6.09 Å². The lowest BCUT2D eigenvalue weighted by molar-refractivity contribution is -0.0222. The lowest BCUT2D eigenvalue weighted by Gasteiger charge is -2.38. The summed E-state index contributed by atoms with van der Waals surface area (Å²) >= 11 is 0. The number of ether oxygens (including phenoxy) is 1. The molecule has 1 fully saturated rings. The summed E-state index contributed by atoms with van der Waals surface area (Å²) in [5.41, 5.74) is -1.17. The fourth-order valence-electron chi connectivity index (χ4n) is 1.93. The van der Waals surface area contributed by atoms with Gasteiger partial charge in [-0.3, -0.25) is 0 Å². The molecule has 1 aliphatic rings. The number of aliphatic hydroxyl groups is 2. The lowest BCUT2D eigenvalue weighted by atomic mass is 9.91. The second-order valence-corrected chi connectivity index (χ2v) is 6.12. The molecule has 3 N–H and O–H groups in total. The largest absolute Gasteiger partial charge is 0.444 e. The summed E-state index contributed by atoms with van der Waals surface area (Å²) in [6.45, 7) is 7.30. The maximum Gasteiger partial charge on any atom is 0.410 e. The minimum atomic E-state index is -0.626. The molecule has 0 radical (unpaired) electrons. The molecule has 6 nitrogen and oxygen atoms in total. The van der Waals surface area contributed by atoms with Crippen LogP contribution < -0.4 is 5.32 Å². The molecule has 0 aromatic rings. The average molecular weight is 274 g/mol. The molecule has 19 heavy (non-hydrogen) atoms. The molecule has 112 valence electrons. The van der Waals surface area contributed by atoms with Gasteiger partial charge in [0.1, 0.15) is 5.60 Å². The van der Waals surface area contributed by atoms with Crippen LogP contribution in [0.25, 0.3) is 0 Å². The smallest absolute Gasteiger partial charge is 0.410 e. The van der Waals surface area contributed by atoms with E-state index in [0.29, 0.717) is 32.5 Å². The van der Waals surface area contributed by atoms with Crippen molar-refractivity contribution in [2.75, 3.05) is 32.8 Å². The van der Waals surface area contributed by atoms with Gasteiger partial charge in [-0.05, 0) is 33.6 Å². The highest BCUT2D eigenvalue weighted by atomic mass is 16.6. The molecule has 1 saturated heterocycles. The van der Waals surface area contributed by atoms with E-state index in [4.69, 9.17) is 9.84 Å². The van der Waals surface area contributed by atoms with E-state index in [1.807, 2.05) is 20.8 Å². The maximum absolute atomic E-state index is 11.9. The topological polar surface area (TPSA) is 82.0 Å². The van der Waals surface area contributed by atoms with Crippen molar-refractivity contribution in [2.24, 2.45) is 0 Å². The number of hydrogen-bond acceptors (Lipinski definition) is 5. The van der Waals surface area contributed by atoms with E-state index >= 15 is 0 Å². The highest BCUT2D eigenvalue weighted by Crippen LogP contribution is 2.18. The van der Waals surface area contributed by atoms with Gasteiger partial charge in [0.15, 0.2) is 0 Å². The van der Waals surface area contributed by atoms with Gasteiger partial charge in [0.25, 0.3) is 0 Å². The van der Waals surface area contributed by atoms with E-state index in [-0.39, 0.29) is 13.2 Å². The van der Waals surface area contributed by atoms with Crippen molar-refractivity contribution in [3.05, 3.63) is 0 Å².